The van der Waals surface area contributed by atoms with Gasteiger partial charge in [-0.3, -0.25) is 0 Å². The predicted octanol–water partition coefficient (Wildman–Crippen LogP) is 3.96. The molecular formula is C18H24. The van der Waals surface area contributed by atoms with Crippen LogP contribution in [0, 0.1) is 64.1 Å². The van der Waals surface area contributed by atoms with Gasteiger partial charge in [0.1, 0.15) is 0 Å². The lowest BCUT2D eigenvalue weighted by Gasteiger charge is -2.72. The topological polar surface area (TPSA) is 0 Å². The van der Waals surface area contributed by atoms with Crippen LogP contribution in [-0.2, 0) is 0 Å². The van der Waals surface area contributed by atoms with Gasteiger partial charge in [0.05, 0.1) is 0 Å². The van der Waals surface area contributed by atoms with Crippen LogP contribution in [0.4, 0.5) is 0 Å². The third kappa shape index (κ3) is 0.577. The summed E-state index contributed by atoms with van der Waals surface area (Å²) < 4.78 is 0. The van der Waals surface area contributed by atoms with Crippen LogP contribution in [0.25, 0.3) is 0 Å². The fraction of sp³-hybridized carbons (Fsp3) is 1.00. The first-order valence-electron chi connectivity index (χ1n) is 8.73. The van der Waals surface area contributed by atoms with E-state index in [9.17, 15) is 0 Å². The van der Waals surface area contributed by atoms with Gasteiger partial charge in [-0.1, -0.05) is 6.92 Å². The van der Waals surface area contributed by atoms with Crippen LogP contribution in [0.1, 0.15) is 45.4 Å². The summed E-state index contributed by atoms with van der Waals surface area (Å²) in [5, 5.41) is 0. The third-order valence-electron chi connectivity index (χ3n) is 10.1. The SMILES string of the molecule is CC12CC3C4C5C6CCC7(CC6CC5C41)CC2C37. The molecule has 0 nitrogen and oxygen atoms in total. The molecule has 0 radical (unpaired) electrons. The van der Waals surface area contributed by atoms with Gasteiger partial charge in [-0.05, 0) is 103 Å². The van der Waals surface area contributed by atoms with E-state index >= 15 is 0 Å². The van der Waals surface area contributed by atoms with Crippen LogP contribution in [-0.4, -0.2) is 0 Å². The Hall–Kier alpha value is 0. The summed E-state index contributed by atoms with van der Waals surface area (Å²) in [6.45, 7) is 2.74. The van der Waals surface area contributed by atoms with E-state index in [1.54, 1.807) is 38.5 Å². The van der Waals surface area contributed by atoms with Crippen LogP contribution in [0.2, 0.25) is 0 Å². The van der Waals surface area contributed by atoms with Crippen LogP contribution >= 0.6 is 0 Å². The molecular weight excluding hydrogens is 216 g/mol. The zero-order chi connectivity index (χ0) is 11.4. The minimum atomic E-state index is 0.839. The Morgan fingerprint density at radius 3 is 2.78 bits per heavy atom. The lowest BCUT2D eigenvalue weighted by Crippen LogP contribution is -2.66. The summed E-state index contributed by atoms with van der Waals surface area (Å²) in [5.74, 6) is 11.0. The Bertz CT molecular complexity index is 494. The number of rotatable bonds is 0. The molecule has 1 spiro atoms. The Balaban J connectivity index is 1.56. The Labute approximate surface area is 110 Å². The minimum Gasteiger partial charge on any atom is -0.0591 e. The molecule has 0 N–H and O–H groups in total. The highest BCUT2D eigenvalue weighted by Crippen LogP contribution is 2.89. The van der Waals surface area contributed by atoms with Crippen molar-refractivity contribution in [2.75, 3.05) is 0 Å². The van der Waals surface area contributed by atoms with E-state index in [1.165, 1.54) is 53.3 Å². The third-order valence-corrected chi connectivity index (χ3v) is 10.1. The quantitative estimate of drug-likeness (QED) is 0.562. The molecule has 0 heterocycles. The highest BCUT2D eigenvalue weighted by Gasteiger charge is 2.83. The molecule has 0 aliphatic heterocycles. The fourth-order valence-electron chi connectivity index (χ4n) is 10.3. The van der Waals surface area contributed by atoms with Gasteiger partial charge in [0.25, 0.3) is 0 Å². The smallest absolute Gasteiger partial charge is 0.0258 e. The zero-order valence-corrected chi connectivity index (χ0v) is 11.4. The first-order valence-corrected chi connectivity index (χ1v) is 8.73. The molecule has 6 aliphatic carbocycles. The van der Waals surface area contributed by atoms with Crippen molar-refractivity contribution < 1.29 is 0 Å². The van der Waals surface area contributed by atoms with E-state index in [0.717, 1.165) is 10.8 Å². The molecule has 11 unspecified atom stereocenters. The van der Waals surface area contributed by atoms with Gasteiger partial charge in [-0.15, -0.1) is 0 Å². The Kier molecular flexibility index (Phi) is 1.08. The molecule has 0 aromatic carbocycles. The summed E-state index contributed by atoms with van der Waals surface area (Å²) in [4.78, 5) is 0. The first kappa shape index (κ1) is 9.03. The molecule has 6 fully saturated rings. The van der Waals surface area contributed by atoms with E-state index in [-0.39, 0.29) is 0 Å². The van der Waals surface area contributed by atoms with Gasteiger partial charge >= 0.3 is 0 Å². The molecule has 6 saturated carbocycles. The highest BCUT2D eigenvalue weighted by atomic mass is 14.9. The van der Waals surface area contributed by atoms with Gasteiger partial charge in [0, 0.05) is 0 Å². The van der Waals surface area contributed by atoms with E-state index in [4.69, 9.17) is 0 Å². The van der Waals surface area contributed by atoms with Gasteiger partial charge in [0.2, 0.25) is 0 Å². The van der Waals surface area contributed by atoms with Crippen molar-refractivity contribution in [2.45, 2.75) is 45.4 Å². The standard InChI is InChI=1S/C18H24/c1-17-6-11-14-13-9-2-3-18(7-12(17)15(11)18)5-8(9)4-10(13)16(14)17/h8-16H,2-7H2,1H3. The van der Waals surface area contributed by atoms with Crippen molar-refractivity contribution in [1.82, 2.24) is 0 Å². The predicted molar refractivity (Wildman–Crippen MR) is 69.7 cm³/mol. The second-order valence-corrected chi connectivity index (χ2v) is 9.82. The van der Waals surface area contributed by atoms with Crippen molar-refractivity contribution in [3.8, 4) is 0 Å². The van der Waals surface area contributed by atoms with Crippen molar-refractivity contribution in [2.24, 2.45) is 64.1 Å². The number of hydrogen-bond donors (Lipinski definition) is 0. The van der Waals surface area contributed by atoms with Gasteiger partial charge in [-0.25, -0.2) is 0 Å². The molecule has 18 heavy (non-hydrogen) atoms. The van der Waals surface area contributed by atoms with E-state index in [1.807, 2.05) is 0 Å². The average molecular weight is 240 g/mol. The van der Waals surface area contributed by atoms with Gasteiger partial charge in [0.15, 0.2) is 0 Å². The second-order valence-electron chi connectivity index (χ2n) is 9.82. The molecule has 0 saturated heterocycles. The molecule has 96 valence electrons. The van der Waals surface area contributed by atoms with Crippen molar-refractivity contribution in [3.63, 3.8) is 0 Å². The highest BCUT2D eigenvalue weighted by molar-refractivity contribution is 5.31. The lowest BCUT2D eigenvalue weighted by molar-refractivity contribution is -0.240. The maximum absolute atomic E-state index is 2.74. The van der Waals surface area contributed by atoms with E-state index < -0.39 is 0 Å². The fourth-order valence-corrected chi connectivity index (χ4v) is 10.3. The molecule has 6 rings (SSSR count). The molecule has 11 atom stereocenters. The zero-order valence-electron chi connectivity index (χ0n) is 11.4. The second kappa shape index (κ2) is 2.15. The van der Waals surface area contributed by atoms with E-state index in [2.05, 4.69) is 6.92 Å². The number of fused-ring (bicyclic) bond motifs is 14. The van der Waals surface area contributed by atoms with Crippen LogP contribution in [0.15, 0.2) is 0 Å². The van der Waals surface area contributed by atoms with Crippen molar-refractivity contribution >= 4 is 0 Å². The van der Waals surface area contributed by atoms with Crippen LogP contribution < -0.4 is 0 Å². The normalized spacial score (nSPS) is 83.5. The maximum Gasteiger partial charge on any atom is -0.0258 e. The van der Waals surface area contributed by atoms with Gasteiger partial charge in [-0.2, -0.15) is 0 Å². The van der Waals surface area contributed by atoms with E-state index in [0.29, 0.717) is 0 Å². The number of hydrogen-bond acceptors (Lipinski definition) is 0. The summed E-state index contributed by atoms with van der Waals surface area (Å²) in [5.41, 5.74) is 1.74. The molecule has 0 heteroatoms. The molecule has 0 aromatic rings. The first-order chi connectivity index (χ1) is 8.73. The largest absolute Gasteiger partial charge is 0.0591 e. The van der Waals surface area contributed by atoms with Crippen molar-refractivity contribution in [3.05, 3.63) is 0 Å². The van der Waals surface area contributed by atoms with Crippen LogP contribution in [0.5, 0.6) is 0 Å². The van der Waals surface area contributed by atoms with Crippen LogP contribution in [0.3, 0.4) is 0 Å². The summed E-state index contributed by atoms with van der Waals surface area (Å²) in [6.07, 6.45) is 10.0. The summed E-state index contributed by atoms with van der Waals surface area (Å²) in [6, 6.07) is 0. The monoisotopic (exact) mass is 240 g/mol. The van der Waals surface area contributed by atoms with Crippen molar-refractivity contribution in [1.29, 1.82) is 0 Å². The molecule has 0 amide bonds. The van der Waals surface area contributed by atoms with Gasteiger partial charge < -0.3 is 0 Å². The minimum absolute atomic E-state index is 0.839. The molecule has 6 aliphatic rings. The molecule has 2 bridgehead atoms. The molecule has 0 aromatic heterocycles. The lowest BCUT2D eigenvalue weighted by atomic mass is 9.33. The Morgan fingerprint density at radius 2 is 1.83 bits per heavy atom. The summed E-state index contributed by atoms with van der Waals surface area (Å²) in [7, 11) is 0. The Morgan fingerprint density at radius 1 is 0.889 bits per heavy atom. The maximum atomic E-state index is 2.74. The average Bonchev–Trinajstić information content (AvgIpc) is 2.80. The summed E-state index contributed by atoms with van der Waals surface area (Å²) >= 11 is 0.